The summed E-state index contributed by atoms with van der Waals surface area (Å²) in [6.07, 6.45) is 5.48. The molecule has 7 aromatic carbocycles. The van der Waals surface area contributed by atoms with E-state index in [9.17, 15) is 0 Å². The molecule has 1 nitrogen and oxygen atoms in total. The van der Waals surface area contributed by atoms with E-state index in [0.29, 0.717) is 0 Å². The molecule has 0 amide bonds. The number of rotatable bonds is 4. The Kier molecular flexibility index (Phi) is 6.08. The molecule has 1 spiro atoms. The van der Waals surface area contributed by atoms with Crippen molar-refractivity contribution in [2.45, 2.75) is 50.4 Å². The van der Waals surface area contributed by atoms with Crippen molar-refractivity contribution in [2.24, 2.45) is 11.8 Å². The van der Waals surface area contributed by atoms with Gasteiger partial charge in [0.1, 0.15) is 0 Å². The van der Waals surface area contributed by atoms with E-state index >= 15 is 0 Å². The van der Waals surface area contributed by atoms with E-state index in [1.54, 1.807) is 11.1 Å². The highest BCUT2D eigenvalue weighted by Gasteiger charge is 2.56. The minimum Gasteiger partial charge on any atom is -0.310 e. The number of benzene rings is 7. The van der Waals surface area contributed by atoms with Crippen molar-refractivity contribution in [3.05, 3.63) is 174 Å². The molecule has 3 atom stereocenters. The van der Waals surface area contributed by atoms with E-state index in [2.05, 4.69) is 170 Å². The molecule has 1 heteroatoms. The van der Waals surface area contributed by atoms with Crippen molar-refractivity contribution in [3.8, 4) is 33.4 Å². The molecule has 0 N–H and O–H groups in total. The summed E-state index contributed by atoms with van der Waals surface area (Å²) in [5.74, 6) is 1.64. The van der Waals surface area contributed by atoms with Crippen LogP contribution in [0.15, 0.2) is 152 Å². The first kappa shape index (κ1) is 29.3. The van der Waals surface area contributed by atoms with Crippen LogP contribution in [-0.2, 0) is 10.8 Å². The van der Waals surface area contributed by atoms with Gasteiger partial charge in [-0.2, -0.15) is 0 Å². The second-order valence-electron chi connectivity index (χ2n) is 16.1. The molecule has 0 aromatic heterocycles. The fourth-order valence-corrected chi connectivity index (χ4v) is 11.0. The zero-order valence-corrected chi connectivity index (χ0v) is 29.4. The van der Waals surface area contributed by atoms with Crippen LogP contribution < -0.4 is 4.90 Å². The average Bonchev–Trinajstić information content (AvgIpc) is 3.92. The van der Waals surface area contributed by atoms with Crippen molar-refractivity contribution in [1.82, 2.24) is 0 Å². The monoisotopic (exact) mass is 655 g/mol. The summed E-state index contributed by atoms with van der Waals surface area (Å²) in [7, 11) is 0. The van der Waals surface area contributed by atoms with Crippen molar-refractivity contribution >= 4 is 27.8 Å². The molecule has 2 saturated carbocycles. The van der Waals surface area contributed by atoms with Gasteiger partial charge in [0.2, 0.25) is 0 Å². The van der Waals surface area contributed by atoms with Crippen LogP contribution in [0.2, 0.25) is 0 Å². The molecule has 4 aliphatic rings. The van der Waals surface area contributed by atoms with Gasteiger partial charge in [-0.1, -0.05) is 136 Å². The van der Waals surface area contributed by atoms with Gasteiger partial charge >= 0.3 is 0 Å². The van der Waals surface area contributed by atoms with Crippen LogP contribution in [-0.4, -0.2) is 0 Å². The predicted molar refractivity (Wildman–Crippen MR) is 213 cm³/mol. The van der Waals surface area contributed by atoms with E-state index in [1.165, 1.54) is 98.0 Å². The molecule has 0 aliphatic heterocycles. The molecular weight excluding hydrogens is 615 g/mol. The first-order valence-corrected chi connectivity index (χ1v) is 18.9. The second-order valence-corrected chi connectivity index (χ2v) is 16.1. The Morgan fingerprint density at radius 2 is 1.16 bits per heavy atom. The number of anilines is 3. The summed E-state index contributed by atoms with van der Waals surface area (Å²) < 4.78 is 0. The topological polar surface area (TPSA) is 3.24 Å². The zero-order valence-electron chi connectivity index (χ0n) is 29.4. The SMILES string of the molecule is CC1(C)c2ccccc2-c2ccc(N(c3ccc(-c4ccc5c(c4)C4(CC6CCC4C6)c4ccccc4-5)cc3)c3cccc4ccccc34)cc21. The van der Waals surface area contributed by atoms with Crippen molar-refractivity contribution in [2.75, 3.05) is 4.90 Å². The molecule has 2 fully saturated rings. The summed E-state index contributed by atoms with van der Waals surface area (Å²) in [4.78, 5) is 2.47. The molecule has 11 rings (SSSR count). The smallest absolute Gasteiger partial charge is 0.0540 e. The van der Waals surface area contributed by atoms with Crippen LogP contribution >= 0.6 is 0 Å². The molecule has 4 aliphatic carbocycles. The maximum Gasteiger partial charge on any atom is 0.0540 e. The molecule has 7 aromatic rings. The number of hydrogen-bond donors (Lipinski definition) is 0. The van der Waals surface area contributed by atoms with Gasteiger partial charge in [-0.25, -0.2) is 0 Å². The maximum atomic E-state index is 2.56. The second kappa shape index (κ2) is 10.6. The minimum atomic E-state index is -0.0698. The van der Waals surface area contributed by atoms with Gasteiger partial charge in [0.15, 0.2) is 0 Å². The van der Waals surface area contributed by atoms with Crippen LogP contribution in [0.1, 0.15) is 61.8 Å². The van der Waals surface area contributed by atoms with Crippen LogP contribution in [0.3, 0.4) is 0 Å². The van der Waals surface area contributed by atoms with Crippen LogP contribution in [0.4, 0.5) is 17.1 Å². The summed E-state index contributed by atoms with van der Waals surface area (Å²) in [5.41, 5.74) is 17.9. The Morgan fingerprint density at radius 3 is 1.96 bits per heavy atom. The Labute approximate surface area is 301 Å². The van der Waals surface area contributed by atoms with Crippen LogP contribution in [0.5, 0.6) is 0 Å². The summed E-state index contributed by atoms with van der Waals surface area (Å²) in [6.45, 7) is 4.74. The first-order chi connectivity index (χ1) is 25.0. The van der Waals surface area contributed by atoms with Crippen molar-refractivity contribution in [1.29, 1.82) is 0 Å². The van der Waals surface area contributed by atoms with E-state index < -0.39 is 0 Å². The van der Waals surface area contributed by atoms with Gasteiger partial charge in [0.05, 0.1) is 5.69 Å². The predicted octanol–water partition coefficient (Wildman–Crippen LogP) is 13.4. The largest absolute Gasteiger partial charge is 0.310 e. The third-order valence-corrected chi connectivity index (χ3v) is 13.3. The molecule has 246 valence electrons. The maximum absolute atomic E-state index is 2.56. The zero-order chi connectivity index (χ0) is 33.9. The minimum absolute atomic E-state index is 0.0698. The Morgan fingerprint density at radius 1 is 0.510 bits per heavy atom. The third kappa shape index (κ3) is 4.04. The molecule has 0 radical (unpaired) electrons. The lowest BCUT2D eigenvalue weighted by Gasteiger charge is -2.36. The molecule has 2 bridgehead atoms. The van der Waals surface area contributed by atoms with Gasteiger partial charge in [0, 0.05) is 27.6 Å². The molecule has 3 unspecified atom stereocenters. The lowest BCUT2D eigenvalue weighted by atomic mass is 9.66. The van der Waals surface area contributed by atoms with Gasteiger partial charge in [0.25, 0.3) is 0 Å². The highest BCUT2D eigenvalue weighted by molar-refractivity contribution is 5.99. The lowest BCUT2D eigenvalue weighted by Crippen LogP contribution is -2.31. The fraction of sp³-hybridized carbons (Fsp3) is 0.200. The van der Waals surface area contributed by atoms with E-state index in [4.69, 9.17) is 0 Å². The highest BCUT2D eigenvalue weighted by atomic mass is 15.1. The highest BCUT2D eigenvalue weighted by Crippen LogP contribution is 2.66. The first-order valence-electron chi connectivity index (χ1n) is 18.9. The van der Waals surface area contributed by atoms with Gasteiger partial charge in [-0.05, 0) is 129 Å². The number of fused-ring (bicyclic) bond motifs is 12. The van der Waals surface area contributed by atoms with Crippen LogP contribution in [0, 0.1) is 11.8 Å². The number of nitrogens with zero attached hydrogens (tertiary/aromatic N) is 1. The van der Waals surface area contributed by atoms with E-state index in [1.807, 2.05) is 0 Å². The Balaban J connectivity index is 1.03. The van der Waals surface area contributed by atoms with Crippen molar-refractivity contribution < 1.29 is 0 Å². The normalized spacial score (nSPS) is 21.5. The average molecular weight is 656 g/mol. The molecule has 51 heavy (non-hydrogen) atoms. The van der Waals surface area contributed by atoms with E-state index in [-0.39, 0.29) is 10.8 Å². The molecule has 0 heterocycles. The fourth-order valence-electron chi connectivity index (χ4n) is 11.0. The van der Waals surface area contributed by atoms with Gasteiger partial charge < -0.3 is 4.90 Å². The lowest BCUT2D eigenvalue weighted by molar-refractivity contribution is 0.327. The standard InChI is InChI=1S/C50H41N/c1-49(2)44-15-7-5-13-40(44)42-27-25-38(30-46(42)49)51(48-17-9-11-34-10-3-4-12-39(34)48)37-23-19-33(20-24-37)35-21-26-43-41-14-6-8-16-45(41)50(47(43)29-35)31-32-18-22-36(50)28-32/h3-17,19-21,23-27,29-30,32,36H,18,22,28,31H2,1-2H3. The van der Waals surface area contributed by atoms with E-state index in [0.717, 1.165) is 11.8 Å². The molecule has 0 saturated heterocycles. The summed E-state index contributed by atoms with van der Waals surface area (Å²) in [5, 5.41) is 2.50. The molecular formula is C50H41N. The third-order valence-electron chi connectivity index (χ3n) is 13.3. The van der Waals surface area contributed by atoms with Crippen LogP contribution in [0.25, 0.3) is 44.2 Å². The Bertz CT molecular complexity index is 2530. The Hall–Kier alpha value is -5.40. The van der Waals surface area contributed by atoms with Gasteiger partial charge in [-0.15, -0.1) is 0 Å². The number of hydrogen-bond acceptors (Lipinski definition) is 1. The van der Waals surface area contributed by atoms with Crippen molar-refractivity contribution in [3.63, 3.8) is 0 Å². The summed E-state index contributed by atoms with van der Waals surface area (Å²) >= 11 is 0. The van der Waals surface area contributed by atoms with Gasteiger partial charge in [-0.3, -0.25) is 0 Å². The quantitative estimate of drug-likeness (QED) is 0.182. The summed E-state index contributed by atoms with van der Waals surface area (Å²) in [6, 6.07) is 57.5.